The smallest absolute Gasteiger partial charge is 0.355 e. The largest absolute Gasteiger partial charge is 0.497 e. The molecule has 0 radical (unpaired) electrons. The molecule has 3 rings (SSSR count). The lowest BCUT2D eigenvalue weighted by molar-refractivity contribution is 0.0740. The average molecular weight is 333 g/mol. The Morgan fingerprint density at radius 1 is 1.09 bits per heavy atom. The van der Waals surface area contributed by atoms with E-state index >= 15 is 0 Å². The number of fused-ring (bicyclic) bond motifs is 1. The molecule has 0 amide bonds. The summed E-state index contributed by atoms with van der Waals surface area (Å²) in [6, 6.07) is 12.8. The van der Waals surface area contributed by atoms with Gasteiger partial charge in [-0.3, -0.25) is 0 Å². The van der Waals surface area contributed by atoms with Crippen molar-refractivity contribution >= 4 is 39.0 Å². The number of rotatable bonds is 3. The molecular weight excluding hydrogens is 320 g/mol. The van der Waals surface area contributed by atoms with Crippen molar-refractivity contribution in [3.05, 3.63) is 57.9 Å². The van der Waals surface area contributed by atoms with Gasteiger partial charge < -0.3 is 9.47 Å². The lowest BCUT2D eigenvalue weighted by atomic mass is 10.2. The first kappa shape index (κ1) is 14.9. The van der Waals surface area contributed by atoms with Gasteiger partial charge in [0.15, 0.2) is 0 Å². The van der Waals surface area contributed by atoms with Crippen LogP contribution in [0.15, 0.2) is 42.5 Å². The molecule has 0 fully saturated rings. The number of halogens is 1. The van der Waals surface area contributed by atoms with Crippen LogP contribution in [0, 0.1) is 6.92 Å². The van der Waals surface area contributed by atoms with E-state index < -0.39 is 5.97 Å². The molecular formula is C17H13ClO3S. The first-order valence-electron chi connectivity index (χ1n) is 6.63. The van der Waals surface area contributed by atoms with Crippen molar-refractivity contribution in [2.75, 3.05) is 7.11 Å². The highest BCUT2D eigenvalue weighted by Crippen LogP contribution is 2.37. The molecule has 0 aliphatic heterocycles. The molecule has 0 saturated carbocycles. The van der Waals surface area contributed by atoms with Gasteiger partial charge in [-0.1, -0.05) is 29.3 Å². The third-order valence-corrected chi connectivity index (χ3v) is 4.91. The van der Waals surface area contributed by atoms with Crippen molar-refractivity contribution in [1.29, 1.82) is 0 Å². The van der Waals surface area contributed by atoms with Crippen molar-refractivity contribution < 1.29 is 14.3 Å². The second-order valence-corrected chi connectivity index (χ2v) is 6.24. The van der Waals surface area contributed by atoms with Crippen LogP contribution in [0.4, 0.5) is 0 Å². The van der Waals surface area contributed by atoms with Crippen molar-refractivity contribution in [2.45, 2.75) is 6.92 Å². The maximum Gasteiger partial charge on any atom is 0.355 e. The molecule has 3 aromatic rings. The van der Waals surface area contributed by atoms with Crippen LogP contribution in [0.2, 0.25) is 5.02 Å². The summed E-state index contributed by atoms with van der Waals surface area (Å²) in [7, 11) is 1.59. The molecule has 1 aromatic heterocycles. The number of hydrogen-bond donors (Lipinski definition) is 0. The standard InChI is InChI=1S/C17H13ClO3S/c1-10-3-5-11(6-4-10)21-17(19)16-15(18)13-9-12(20-2)7-8-14(13)22-16/h3-9H,1-2H3. The van der Waals surface area contributed by atoms with Crippen LogP contribution < -0.4 is 9.47 Å². The Bertz CT molecular complexity index is 837. The molecule has 5 heteroatoms. The highest BCUT2D eigenvalue weighted by molar-refractivity contribution is 7.21. The fraction of sp³-hybridized carbons (Fsp3) is 0.118. The zero-order chi connectivity index (χ0) is 15.7. The van der Waals surface area contributed by atoms with Gasteiger partial charge in [-0.15, -0.1) is 11.3 Å². The molecule has 0 unspecified atom stereocenters. The number of aryl methyl sites for hydroxylation is 1. The van der Waals surface area contributed by atoms with Gasteiger partial charge in [0.25, 0.3) is 0 Å². The zero-order valence-corrected chi connectivity index (χ0v) is 13.6. The fourth-order valence-corrected chi connectivity index (χ4v) is 3.42. The van der Waals surface area contributed by atoms with Crippen LogP contribution in [0.3, 0.4) is 0 Å². The zero-order valence-electron chi connectivity index (χ0n) is 12.1. The lowest BCUT2D eigenvalue weighted by Crippen LogP contribution is -2.06. The Labute approximate surface area is 137 Å². The normalized spacial score (nSPS) is 10.7. The highest BCUT2D eigenvalue weighted by atomic mass is 35.5. The molecule has 0 atom stereocenters. The minimum absolute atomic E-state index is 0.394. The Morgan fingerprint density at radius 3 is 2.45 bits per heavy atom. The molecule has 112 valence electrons. The minimum Gasteiger partial charge on any atom is -0.497 e. The first-order chi connectivity index (χ1) is 10.6. The quantitative estimate of drug-likeness (QED) is 0.495. The molecule has 0 aliphatic rings. The molecule has 0 spiro atoms. The lowest BCUT2D eigenvalue weighted by Gasteiger charge is -2.03. The van der Waals surface area contributed by atoms with E-state index in [1.54, 1.807) is 19.2 Å². The molecule has 22 heavy (non-hydrogen) atoms. The summed E-state index contributed by atoms with van der Waals surface area (Å²) in [5, 5.41) is 1.19. The summed E-state index contributed by atoms with van der Waals surface area (Å²) in [6.45, 7) is 1.97. The molecule has 0 N–H and O–H groups in total. The second-order valence-electron chi connectivity index (χ2n) is 4.81. The van der Waals surface area contributed by atoms with E-state index in [9.17, 15) is 4.79 Å². The van der Waals surface area contributed by atoms with E-state index in [0.717, 1.165) is 15.6 Å². The first-order valence-corrected chi connectivity index (χ1v) is 7.83. The topological polar surface area (TPSA) is 35.5 Å². The van der Waals surface area contributed by atoms with Crippen LogP contribution in [0.1, 0.15) is 15.2 Å². The third-order valence-electron chi connectivity index (χ3n) is 3.25. The summed E-state index contributed by atoms with van der Waals surface area (Å²) in [5.74, 6) is 0.751. The number of carbonyl (C=O) groups is 1. The van der Waals surface area contributed by atoms with Crippen LogP contribution in [-0.2, 0) is 0 Å². The van der Waals surface area contributed by atoms with Gasteiger partial charge in [-0.05, 0) is 37.3 Å². The number of benzene rings is 2. The Hall–Kier alpha value is -2.04. The van der Waals surface area contributed by atoms with Crippen molar-refractivity contribution in [2.24, 2.45) is 0 Å². The number of ether oxygens (including phenoxy) is 2. The number of thiophene rings is 1. The molecule has 3 nitrogen and oxygen atoms in total. The van der Waals surface area contributed by atoms with Crippen molar-refractivity contribution in [3.63, 3.8) is 0 Å². The number of methoxy groups -OCH3 is 1. The minimum atomic E-state index is -0.450. The van der Waals surface area contributed by atoms with Crippen LogP contribution in [0.5, 0.6) is 11.5 Å². The average Bonchev–Trinajstić information content (AvgIpc) is 2.86. The predicted molar refractivity (Wildman–Crippen MR) is 89.5 cm³/mol. The van der Waals surface area contributed by atoms with Gasteiger partial charge in [0.05, 0.1) is 12.1 Å². The summed E-state index contributed by atoms with van der Waals surface area (Å²) in [6.07, 6.45) is 0. The number of esters is 1. The molecule has 2 aromatic carbocycles. The van der Waals surface area contributed by atoms with E-state index in [2.05, 4.69) is 0 Å². The summed E-state index contributed by atoms with van der Waals surface area (Å²) in [5.41, 5.74) is 1.10. The molecule has 0 bridgehead atoms. The Balaban J connectivity index is 1.93. The van der Waals surface area contributed by atoms with Gasteiger partial charge in [0, 0.05) is 10.1 Å². The summed E-state index contributed by atoms with van der Waals surface area (Å²) >= 11 is 7.64. The Kier molecular flexibility index (Phi) is 4.05. The van der Waals surface area contributed by atoms with E-state index in [1.807, 2.05) is 37.3 Å². The van der Waals surface area contributed by atoms with E-state index in [4.69, 9.17) is 21.1 Å². The van der Waals surface area contributed by atoms with Gasteiger partial charge in [0.2, 0.25) is 0 Å². The van der Waals surface area contributed by atoms with E-state index in [0.29, 0.717) is 21.4 Å². The third kappa shape index (κ3) is 2.80. The van der Waals surface area contributed by atoms with Crippen LogP contribution in [0.25, 0.3) is 10.1 Å². The molecule has 0 saturated heterocycles. The van der Waals surface area contributed by atoms with Gasteiger partial charge in [0.1, 0.15) is 16.4 Å². The number of hydrogen-bond acceptors (Lipinski definition) is 4. The van der Waals surface area contributed by atoms with Gasteiger partial charge in [-0.2, -0.15) is 0 Å². The monoisotopic (exact) mass is 332 g/mol. The fourth-order valence-electron chi connectivity index (χ4n) is 2.06. The molecule has 0 aliphatic carbocycles. The van der Waals surface area contributed by atoms with Crippen molar-refractivity contribution in [1.82, 2.24) is 0 Å². The SMILES string of the molecule is COc1ccc2sc(C(=O)Oc3ccc(C)cc3)c(Cl)c2c1. The van der Waals surface area contributed by atoms with Crippen LogP contribution in [-0.4, -0.2) is 13.1 Å². The predicted octanol–water partition coefficient (Wildman–Crippen LogP) is 5.09. The van der Waals surface area contributed by atoms with Crippen molar-refractivity contribution in [3.8, 4) is 11.5 Å². The van der Waals surface area contributed by atoms with E-state index in [1.165, 1.54) is 11.3 Å². The summed E-state index contributed by atoms with van der Waals surface area (Å²) in [4.78, 5) is 12.7. The second kappa shape index (κ2) is 5.99. The van der Waals surface area contributed by atoms with Crippen LogP contribution >= 0.6 is 22.9 Å². The van der Waals surface area contributed by atoms with E-state index in [-0.39, 0.29) is 0 Å². The molecule has 1 heterocycles. The van der Waals surface area contributed by atoms with Gasteiger partial charge >= 0.3 is 5.97 Å². The Morgan fingerprint density at radius 2 is 1.77 bits per heavy atom. The highest BCUT2D eigenvalue weighted by Gasteiger charge is 2.19. The number of carbonyl (C=O) groups excluding carboxylic acids is 1. The summed E-state index contributed by atoms with van der Waals surface area (Å²) < 4.78 is 11.5. The van der Waals surface area contributed by atoms with Gasteiger partial charge in [-0.25, -0.2) is 4.79 Å². The maximum atomic E-state index is 12.3. The maximum absolute atomic E-state index is 12.3.